The molecule has 1 aliphatic rings. The van der Waals surface area contributed by atoms with Crippen LogP contribution >= 0.6 is 0 Å². The molecule has 5 nitrogen and oxygen atoms in total. The van der Waals surface area contributed by atoms with Crippen molar-refractivity contribution in [1.82, 2.24) is 4.90 Å². The standard InChI is InChI=1S/C10H19NO4/c1-13-8-6-11(7-9(8)14-2)5-4-10(12)15-3/h8-9H,4-7H2,1-3H3. The van der Waals surface area contributed by atoms with Crippen LogP contribution in [-0.2, 0) is 19.0 Å². The van der Waals surface area contributed by atoms with Gasteiger partial charge in [0.05, 0.1) is 25.7 Å². The van der Waals surface area contributed by atoms with Gasteiger partial charge in [-0.25, -0.2) is 0 Å². The van der Waals surface area contributed by atoms with Crippen molar-refractivity contribution in [2.75, 3.05) is 41.0 Å². The van der Waals surface area contributed by atoms with Crippen LogP contribution in [-0.4, -0.2) is 64.0 Å². The summed E-state index contributed by atoms with van der Waals surface area (Å²) in [6.45, 7) is 2.32. The SMILES string of the molecule is COC(=O)CCN1CC(OC)C(OC)C1. The zero-order chi connectivity index (χ0) is 11.3. The fourth-order valence-electron chi connectivity index (χ4n) is 1.81. The van der Waals surface area contributed by atoms with E-state index in [1.54, 1.807) is 14.2 Å². The van der Waals surface area contributed by atoms with Gasteiger partial charge in [0.2, 0.25) is 0 Å². The van der Waals surface area contributed by atoms with Crippen molar-refractivity contribution in [3.63, 3.8) is 0 Å². The Kier molecular flexibility index (Phi) is 5.01. The van der Waals surface area contributed by atoms with E-state index in [0.717, 1.165) is 13.1 Å². The van der Waals surface area contributed by atoms with Gasteiger partial charge in [-0.1, -0.05) is 0 Å². The van der Waals surface area contributed by atoms with Crippen LogP contribution < -0.4 is 0 Å². The molecule has 0 N–H and O–H groups in total. The van der Waals surface area contributed by atoms with E-state index < -0.39 is 0 Å². The van der Waals surface area contributed by atoms with Gasteiger partial charge < -0.3 is 14.2 Å². The third kappa shape index (κ3) is 3.44. The summed E-state index contributed by atoms with van der Waals surface area (Å²) >= 11 is 0. The molecule has 1 rings (SSSR count). The minimum Gasteiger partial charge on any atom is -0.469 e. The molecule has 0 aromatic carbocycles. The molecule has 0 bridgehead atoms. The zero-order valence-corrected chi connectivity index (χ0v) is 9.56. The summed E-state index contributed by atoms with van der Waals surface area (Å²) in [7, 11) is 4.77. The lowest BCUT2D eigenvalue weighted by Gasteiger charge is -2.13. The first-order valence-electron chi connectivity index (χ1n) is 5.06. The number of methoxy groups -OCH3 is 3. The Balaban J connectivity index is 2.30. The molecule has 1 saturated heterocycles. The first-order chi connectivity index (χ1) is 7.21. The molecule has 2 unspecified atom stereocenters. The van der Waals surface area contributed by atoms with Crippen molar-refractivity contribution in [3.05, 3.63) is 0 Å². The second kappa shape index (κ2) is 6.05. The molecule has 5 heteroatoms. The lowest BCUT2D eigenvalue weighted by Crippen LogP contribution is -2.27. The van der Waals surface area contributed by atoms with Gasteiger partial charge in [-0.05, 0) is 0 Å². The average molecular weight is 217 g/mol. The summed E-state index contributed by atoms with van der Waals surface area (Å²) in [4.78, 5) is 13.1. The summed E-state index contributed by atoms with van der Waals surface area (Å²) in [5.74, 6) is -0.176. The van der Waals surface area contributed by atoms with Crippen LogP contribution in [0.25, 0.3) is 0 Å². The van der Waals surface area contributed by atoms with Crippen molar-refractivity contribution in [2.24, 2.45) is 0 Å². The van der Waals surface area contributed by atoms with E-state index in [9.17, 15) is 4.79 Å². The summed E-state index contributed by atoms with van der Waals surface area (Å²) in [5, 5.41) is 0. The van der Waals surface area contributed by atoms with Gasteiger partial charge in [-0.3, -0.25) is 9.69 Å². The monoisotopic (exact) mass is 217 g/mol. The van der Waals surface area contributed by atoms with Crippen molar-refractivity contribution in [2.45, 2.75) is 18.6 Å². The van der Waals surface area contributed by atoms with Crippen molar-refractivity contribution in [1.29, 1.82) is 0 Å². The van der Waals surface area contributed by atoms with Crippen LogP contribution in [0, 0.1) is 0 Å². The minimum absolute atomic E-state index is 0.104. The van der Waals surface area contributed by atoms with Gasteiger partial charge in [-0.2, -0.15) is 0 Å². The highest BCUT2D eigenvalue weighted by Gasteiger charge is 2.32. The molecule has 0 aromatic rings. The van der Waals surface area contributed by atoms with E-state index >= 15 is 0 Å². The van der Waals surface area contributed by atoms with Crippen LogP contribution in [0.5, 0.6) is 0 Å². The number of nitrogens with zero attached hydrogens (tertiary/aromatic N) is 1. The Morgan fingerprint density at radius 1 is 1.20 bits per heavy atom. The van der Waals surface area contributed by atoms with E-state index in [1.807, 2.05) is 0 Å². The number of carbonyl (C=O) groups is 1. The van der Waals surface area contributed by atoms with Crippen LogP contribution in [0.4, 0.5) is 0 Å². The number of hydrogen-bond donors (Lipinski definition) is 0. The van der Waals surface area contributed by atoms with Gasteiger partial charge in [-0.15, -0.1) is 0 Å². The maximum Gasteiger partial charge on any atom is 0.306 e. The van der Waals surface area contributed by atoms with E-state index in [2.05, 4.69) is 9.64 Å². The van der Waals surface area contributed by atoms with Crippen LogP contribution in [0.3, 0.4) is 0 Å². The second-order valence-corrected chi connectivity index (χ2v) is 3.63. The molecule has 1 aliphatic heterocycles. The van der Waals surface area contributed by atoms with E-state index in [-0.39, 0.29) is 18.2 Å². The van der Waals surface area contributed by atoms with Gasteiger partial charge in [0.1, 0.15) is 0 Å². The second-order valence-electron chi connectivity index (χ2n) is 3.63. The molecule has 0 spiro atoms. The predicted molar refractivity (Wildman–Crippen MR) is 54.7 cm³/mol. The van der Waals surface area contributed by atoms with Crippen molar-refractivity contribution >= 4 is 5.97 Å². The summed E-state index contributed by atoms with van der Waals surface area (Å²) < 4.78 is 15.2. The van der Waals surface area contributed by atoms with Crippen molar-refractivity contribution in [3.8, 4) is 0 Å². The third-order valence-corrected chi connectivity index (χ3v) is 2.76. The average Bonchev–Trinajstić information content (AvgIpc) is 2.68. The molecule has 0 saturated carbocycles. The predicted octanol–water partition coefficient (Wildman–Crippen LogP) is -0.105. The normalized spacial score (nSPS) is 26.9. The molecule has 0 radical (unpaired) electrons. The summed E-state index contributed by atoms with van der Waals surface area (Å²) in [6, 6.07) is 0. The van der Waals surface area contributed by atoms with Crippen LogP contribution in [0.15, 0.2) is 0 Å². The largest absolute Gasteiger partial charge is 0.469 e. The summed E-state index contributed by atoms with van der Waals surface area (Å²) in [6.07, 6.45) is 0.629. The van der Waals surface area contributed by atoms with E-state index in [1.165, 1.54) is 7.11 Å². The third-order valence-electron chi connectivity index (χ3n) is 2.76. The number of rotatable bonds is 5. The minimum atomic E-state index is -0.176. The molecule has 1 fully saturated rings. The molecule has 0 amide bonds. The maximum absolute atomic E-state index is 11.0. The Morgan fingerprint density at radius 3 is 2.13 bits per heavy atom. The fourth-order valence-corrected chi connectivity index (χ4v) is 1.81. The number of carbonyl (C=O) groups excluding carboxylic acids is 1. The molecule has 2 atom stereocenters. The Labute approximate surface area is 90.3 Å². The van der Waals surface area contributed by atoms with Crippen LogP contribution in [0.1, 0.15) is 6.42 Å². The molecule has 15 heavy (non-hydrogen) atoms. The van der Waals surface area contributed by atoms with Gasteiger partial charge in [0.25, 0.3) is 0 Å². The Morgan fingerprint density at radius 2 is 1.73 bits per heavy atom. The Hall–Kier alpha value is -0.650. The number of likely N-dealkylation sites (tertiary alicyclic amines) is 1. The lowest BCUT2D eigenvalue weighted by atomic mass is 10.3. The highest BCUT2D eigenvalue weighted by atomic mass is 16.5. The molecule has 88 valence electrons. The highest BCUT2D eigenvalue weighted by molar-refractivity contribution is 5.69. The summed E-state index contributed by atoms with van der Waals surface area (Å²) in [5.41, 5.74) is 0. The van der Waals surface area contributed by atoms with Gasteiger partial charge in [0.15, 0.2) is 0 Å². The molecular weight excluding hydrogens is 198 g/mol. The first-order valence-corrected chi connectivity index (χ1v) is 5.06. The zero-order valence-electron chi connectivity index (χ0n) is 9.56. The molecule has 0 aliphatic carbocycles. The number of esters is 1. The lowest BCUT2D eigenvalue weighted by molar-refractivity contribution is -0.140. The van der Waals surface area contributed by atoms with Gasteiger partial charge >= 0.3 is 5.97 Å². The molecule has 0 aromatic heterocycles. The topological polar surface area (TPSA) is 48.0 Å². The Bertz CT molecular complexity index is 198. The highest BCUT2D eigenvalue weighted by Crippen LogP contribution is 2.15. The number of hydrogen-bond acceptors (Lipinski definition) is 5. The van der Waals surface area contributed by atoms with Gasteiger partial charge in [0, 0.05) is 33.9 Å². The van der Waals surface area contributed by atoms with Crippen LogP contribution in [0.2, 0.25) is 0 Å². The van der Waals surface area contributed by atoms with E-state index in [0.29, 0.717) is 13.0 Å². The fraction of sp³-hybridized carbons (Fsp3) is 0.900. The molecule has 1 heterocycles. The quantitative estimate of drug-likeness (QED) is 0.602. The van der Waals surface area contributed by atoms with Crippen molar-refractivity contribution < 1.29 is 19.0 Å². The smallest absolute Gasteiger partial charge is 0.306 e. The molecular formula is C10H19NO4. The number of ether oxygens (including phenoxy) is 3. The van der Waals surface area contributed by atoms with E-state index in [4.69, 9.17) is 9.47 Å². The first kappa shape index (κ1) is 12.4. The maximum atomic E-state index is 11.0.